The van der Waals surface area contributed by atoms with E-state index in [0.717, 1.165) is 27.9 Å². The standard InChI is InChI=1S/C41H28N6O.Pt/c1-43-21-22-46(25-43)26-11-10-12-27(23-26)48-28-18-19-31-34(24-28)47(35-17-8-9-20-42-35)39-36(31)37-29-13-4-6-15-32(29)44(2)40(37)41-38(39)30-14-5-7-16-33(30)45(41)3;/h4-22H,1-3H3;/q-2;. The van der Waals surface area contributed by atoms with E-state index in [-0.39, 0.29) is 21.1 Å². The molecule has 49 heavy (non-hydrogen) atoms. The smallest absolute Gasteiger partial charge is 0.241 e. The van der Waals surface area contributed by atoms with E-state index in [1.54, 1.807) is 0 Å². The molecule has 0 aliphatic heterocycles. The van der Waals surface area contributed by atoms with Crippen LogP contribution < -0.4 is 9.30 Å². The fourth-order valence-electron chi connectivity index (χ4n) is 7.58. The molecule has 0 radical (unpaired) electrons. The second-order valence-corrected chi connectivity index (χ2v) is 12.3. The zero-order valence-corrected chi connectivity index (χ0v) is 29.1. The Morgan fingerprint density at radius 3 is 2.02 bits per heavy atom. The number of pyridine rings is 1. The maximum Gasteiger partial charge on any atom is 0.241 e. The number of fused-ring (bicyclic) bond motifs is 12. The van der Waals surface area contributed by atoms with Crippen molar-refractivity contribution in [3.63, 3.8) is 0 Å². The molecular formula is C41H28N6OPt-2. The molecule has 7 nitrogen and oxygen atoms in total. The Kier molecular flexibility index (Phi) is 6.58. The zero-order valence-electron chi connectivity index (χ0n) is 26.9. The quantitative estimate of drug-likeness (QED) is 0.133. The number of imidazole rings is 1. The molecule has 5 aromatic heterocycles. The van der Waals surface area contributed by atoms with Crippen molar-refractivity contribution in [2.75, 3.05) is 0 Å². The van der Waals surface area contributed by atoms with Crippen molar-refractivity contribution < 1.29 is 30.4 Å². The minimum atomic E-state index is 0. The zero-order chi connectivity index (χ0) is 32.1. The molecule has 0 unspecified atom stereocenters. The molecular weight excluding hydrogens is 788 g/mol. The Hall–Kier alpha value is -5.65. The summed E-state index contributed by atoms with van der Waals surface area (Å²) in [6.07, 6.45) is 8.97. The van der Waals surface area contributed by atoms with Crippen LogP contribution >= 0.6 is 0 Å². The van der Waals surface area contributed by atoms with E-state index in [2.05, 4.69) is 107 Å². The van der Waals surface area contributed by atoms with Crippen LogP contribution in [-0.4, -0.2) is 23.3 Å². The number of hydrogen-bond acceptors (Lipinski definition) is 2. The number of aromatic nitrogens is 6. The van der Waals surface area contributed by atoms with Crippen LogP contribution in [0.5, 0.6) is 11.5 Å². The molecule has 0 saturated carbocycles. The molecule has 8 heteroatoms. The molecule has 5 heterocycles. The van der Waals surface area contributed by atoms with Crippen molar-refractivity contribution in [2.24, 2.45) is 21.1 Å². The van der Waals surface area contributed by atoms with Gasteiger partial charge < -0.3 is 27.6 Å². The van der Waals surface area contributed by atoms with Crippen LogP contribution in [0.4, 0.5) is 0 Å². The summed E-state index contributed by atoms with van der Waals surface area (Å²) in [4.78, 5) is 4.90. The van der Waals surface area contributed by atoms with Gasteiger partial charge in [0.05, 0.1) is 23.6 Å². The van der Waals surface area contributed by atoms with Crippen molar-refractivity contribution in [1.29, 1.82) is 0 Å². The van der Waals surface area contributed by atoms with Crippen LogP contribution in [0.3, 0.4) is 0 Å². The van der Waals surface area contributed by atoms with E-state index in [1.165, 1.54) is 49.0 Å². The van der Waals surface area contributed by atoms with Crippen LogP contribution in [0, 0.1) is 18.5 Å². The molecule has 0 aliphatic rings. The molecule has 0 N–H and O–H groups in total. The Balaban J connectivity index is 0.00000325. The number of benzene rings is 5. The van der Waals surface area contributed by atoms with Gasteiger partial charge in [0, 0.05) is 97.8 Å². The minimum Gasteiger partial charge on any atom is -0.510 e. The van der Waals surface area contributed by atoms with E-state index in [4.69, 9.17) is 9.72 Å². The number of rotatable bonds is 4. The third-order valence-corrected chi connectivity index (χ3v) is 9.59. The summed E-state index contributed by atoms with van der Waals surface area (Å²) in [6, 6.07) is 40.6. The van der Waals surface area contributed by atoms with Gasteiger partial charge in [-0.2, -0.15) is 18.2 Å². The van der Waals surface area contributed by atoms with Gasteiger partial charge in [0.1, 0.15) is 5.82 Å². The van der Waals surface area contributed by atoms with Crippen molar-refractivity contribution >= 4 is 65.4 Å². The maximum atomic E-state index is 6.48. The van der Waals surface area contributed by atoms with Gasteiger partial charge in [-0.15, -0.1) is 29.7 Å². The third kappa shape index (κ3) is 4.19. The van der Waals surface area contributed by atoms with Crippen molar-refractivity contribution in [2.45, 2.75) is 0 Å². The first-order chi connectivity index (χ1) is 23.6. The van der Waals surface area contributed by atoms with Crippen molar-refractivity contribution in [1.82, 2.24) is 23.3 Å². The number of aryl methyl sites for hydroxylation is 3. The van der Waals surface area contributed by atoms with Gasteiger partial charge in [0.25, 0.3) is 0 Å². The normalized spacial score (nSPS) is 11.8. The fraction of sp³-hybridized carbons (Fsp3) is 0.0732. The van der Waals surface area contributed by atoms with Crippen LogP contribution in [-0.2, 0) is 42.2 Å². The number of hydrogen-bond donors (Lipinski definition) is 0. The first-order valence-corrected chi connectivity index (χ1v) is 15.9. The summed E-state index contributed by atoms with van der Waals surface area (Å²) in [5.74, 6) is 2.02. The van der Waals surface area contributed by atoms with E-state index < -0.39 is 0 Å². The van der Waals surface area contributed by atoms with Gasteiger partial charge in [-0.3, -0.25) is 0 Å². The molecule has 0 fully saturated rings. The molecule has 0 atom stereocenters. The summed E-state index contributed by atoms with van der Waals surface area (Å²) in [5, 5.41) is 7.10. The van der Waals surface area contributed by atoms with E-state index >= 15 is 0 Å². The molecule has 0 saturated heterocycles. The van der Waals surface area contributed by atoms with E-state index in [1.807, 2.05) is 71.2 Å². The van der Waals surface area contributed by atoms with Gasteiger partial charge in [-0.1, -0.05) is 53.7 Å². The van der Waals surface area contributed by atoms with Gasteiger partial charge in [0.2, 0.25) is 6.33 Å². The minimum absolute atomic E-state index is 0. The summed E-state index contributed by atoms with van der Waals surface area (Å²) in [7, 11) is 6.30. The number of nitrogens with zero attached hydrogens (tertiary/aromatic N) is 6. The molecule has 5 aromatic carbocycles. The Morgan fingerprint density at radius 2 is 1.31 bits per heavy atom. The monoisotopic (exact) mass is 815 g/mol. The van der Waals surface area contributed by atoms with Crippen molar-refractivity contribution in [3.05, 3.63) is 134 Å². The molecule has 0 amide bonds. The van der Waals surface area contributed by atoms with Gasteiger partial charge in [-0.25, -0.2) is 4.98 Å². The predicted molar refractivity (Wildman–Crippen MR) is 190 cm³/mol. The maximum absolute atomic E-state index is 6.48. The average Bonchev–Trinajstić information content (AvgIpc) is 3.86. The number of para-hydroxylation sites is 2. The van der Waals surface area contributed by atoms with Crippen LogP contribution in [0.15, 0.2) is 116 Å². The Bertz CT molecular complexity index is 2910. The topological polar surface area (TPSA) is 45.7 Å². The summed E-state index contributed by atoms with van der Waals surface area (Å²) >= 11 is 0. The summed E-state index contributed by atoms with van der Waals surface area (Å²) in [6.45, 7) is 0. The summed E-state index contributed by atoms with van der Waals surface area (Å²) in [5.41, 5.74) is 7.62. The summed E-state index contributed by atoms with van der Waals surface area (Å²) < 4.78 is 17.2. The van der Waals surface area contributed by atoms with Crippen LogP contribution in [0.25, 0.3) is 76.9 Å². The second kappa shape index (κ2) is 10.9. The largest absolute Gasteiger partial charge is 0.510 e. The predicted octanol–water partition coefficient (Wildman–Crippen LogP) is 8.27. The fourth-order valence-corrected chi connectivity index (χ4v) is 7.58. The molecule has 0 bridgehead atoms. The molecule has 0 aliphatic carbocycles. The SMILES string of the molecule is Cn1[c-][n+](-c2[c-]c(Oc3[c-]c4c(cc3)c3c5c6ccccc6n(C)c5c5c(c6ccccc6n5C)c3n4-c3ccccn3)ccc2)cc1.[Pt]. The number of ether oxygens (including phenoxy) is 1. The first-order valence-electron chi connectivity index (χ1n) is 15.9. The Morgan fingerprint density at radius 1 is 0.633 bits per heavy atom. The van der Waals surface area contributed by atoms with Crippen molar-refractivity contribution in [3.8, 4) is 23.0 Å². The Labute approximate surface area is 296 Å². The molecule has 0 spiro atoms. The van der Waals surface area contributed by atoms with E-state index in [9.17, 15) is 0 Å². The van der Waals surface area contributed by atoms with Gasteiger partial charge in [-0.05, 0) is 29.7 Å². The second-order valence-electron chi connectivity index (χ2n) is 12.3. The molecule has 240 valence electrons. The van der Waals surface area contributed by atoms with E-state index in [0.29, 0.717) is 11.5 Å². The third-order valence-electron chi connectivity index (χ3n) is 9.59. The van der Waals surface area contributed by atoms with Crippen LogP contribution in [0.2, 0.25) is 0 Å². The molecule has 10 rings (SSSR count). The first kappa shape index (κ1) is 29.5. The molecule has 10 aromatic rings. The average molecular weight is 816 g/mol. The van der Waals surface area contributed by atoms with Gasteiger partial charge in [0.15, 0.2) is 0 Å². The van der Waals surface area contributed by atoms with Gasteiger partial charge >= 0.3 is 0 Å². The van der Waals surface area contributed by atoms with Crippen LogP contribution in [0.1, 0.15) is 0 Å².